The van der Waals surface area contributed by atoms with Gasteiger partial charge in [-0.25, -0.2) is 9.97 Å². The van der Waals surface area contributed by atoms with Gasteiger partial charge in [-0.05, 0) is 36.2 Å². The number of thiophene rings is 1. The van der Waals surface area contributed by atoms with E-state index in [2.05, 4.69) is 33.5 Å². The van der Waals surface area contributed by atoms with Gasteiger partial charge in [-0.2, -0.15) is 0 Å². The van der Waals surface area contributed by atoms with Crippen molar-refractivity contribution in [3.05, 3.63) is 72.1 Å². The van der Waals surface area contributed by atoms with E-state index < -0.39 is 0 Å². The summed E-state index contributed by atoms with van der Waals surface area (Å²) in [6, 6.07) is 20.1. The molecule has 7 heteroatoms. The Kier molecular flexibility index (Phi) is 6.66. The number of hydrogen-bond acceptors (Lipinski definition) is 6. The highest BCUT2D eigenvalue weighted by atomic mass is 32.1. The number of nitrogens with zero attached hydrogens (tertiary/aromatic N) is 3. The van der Waals surface area contributed by atoms with Gasteiger partial charge in [-0.3, -0.25) is 4.79 Å². The third kappa shape index (κ3) is 5.06. The van der Waals surface area contributed by atoms with E-state index in [-0.39, 0.29) is 5.91 Å². The van der Waals surface area contributed by atoms with E-state index in [4.69, 9.17) is 4.74 Å². The van der Waals surface area contributed by atoms with E-state index in [1.807, 2.05) is 61.3 Å². The molecule has 2 aromatic heterocycles. The number of aryl methyl sites for hydroxylation is 1. The molecule has 0 spiro atoms. The summed E-state index contributed by atoms with van der Waals surface area (Å²) in [6.07, 6.45) is 0.382. The van der Waals surface area contributed by atoms with E-state index in [9.17, 15) is 4.79 Å². The average Bonchev–Trinajstić information content (AvgIpc) is 3.25. The molecule has 0 unspecified atom stereocenters. The second kappa shape index (κ2) is 9.78. The Hall–Kier alpha value is -3.45. The first-order valence-electron chi connectivity index (χ1n) is 10.5. The first-order valence-corrected chi connectivity index (χ1v) is 11.3. The quantitative estimate of drug-likeness (QED) is 0.420. The van der Waals surface area contributed by atoms with Gasteiger partial charge in [0.25, 0.3) is 0 Å². The predicted molar refractivity (Wildman–Crippen MR) is 130 cm³/mol. The minimum absolute atomic E-state index is 0.00461. The molecule has 2 aromatic carbocycles. The number of amides is 1. The summed E-state index contributed by atoms with van der Waals surface area (Å²) in [5, 5.41) is 3.99. The highest BCUT2D eigenvalue weighted by molar-refractivity contribution is 7.21. The zero-order valence-corrected chi connectivity index (χ0v) is 19.3. The lowest BCUT2D eigenvalue weighted by atomic mass is 10.2. The standard InChI is InChI=1S/C25H26N4O2S/c1-17-27-24(21-15-22(32-25(21)28-17)19-7-5-4-6-8-19)29(2)14-13-23(30)26-16-18-9-11-20(31-3)12-10-18/h4-12,15H,13-14,16H2,1-3H3,(H,26,30). The van der Waals surface area contributed by atoms with Crippen molar-refractivity contribution in [3.8, 4) is 16.2 Å². The van der Waals surface area contributed by atoms with Gasteiger partial charge < -0.3 is 15.0 Å². The summed E-state index contributed by atoms with van der Waals surface area (Å²) < 4.78 is 5.16. The van der Waals surface area contributed by atoms with Gasteiger partial charge in [0.05, 0.1) is 12.5 Å². The maximum absolute atomic E-state index is 12.4. The van der Waals surface area contributed by atoms with Crippen LogP contribution in [0.1, 0.15) is 17.8 Å². The first-order chi connectivity index (χ1) is 15.5. The lowest BCUT2D eigenvalue weighted by molar-refractivity contribution is -0.121. The van der Waals surface area contributed by atoms with Gasteiger partial charge in [0.15, 0.2) is 0 Å². The third-order valence-electron chi connectivity index (χ3n) is 5.23. The van der Waals surface area contributed by atoms with Crippen molar-refractivity contribution in [2.24, 2.45) is 0 Å². The maximum atomic E-state index is 12.4. The number of rotatable bonds is 8. The van der Waals surface area contributed by atoms with Crippen LogP contribution in [0.15, 0.2) is 60.7 Å². The van der Waals surface area contributed by atoms with Crippen LogP contribution < -0.4 is 15.0 Å². The monoisotopic (exact) mass is 446 g/mol. The molecule has 1 amide bonds. The topological polar surface area (TPSA) is 67.3 Å². The van der Waals surface area contributed by atoms with Gasteiger partial charge in [-0.1, -0.05) is 42.5 Å². The Bertz CT molecular complexity index is 1210. The number of methoxy groups -OCH3 is 1. The second-order valence-electron chi connectivity index (χ2n) is 7.59. The van der Waals surface area contributed by atoms with E-state index >= 15 is 0 Å². The van der Waals surface area contributed by atoms with Gasteiger partial charge in [0, 0.05) is 31.4 Å². The van der Waals surface area contributed by atoms with Crippen LogP contribution in [0.3, 0.4) is 0 Å². The van der Waals surface area contributed by atoms with E-state index in [0.29, 0.717) is 19.5 Å². The van der Waals surface area contributed by atoms with Crippen LogP contribution in [0.5, 0.6) is 5.75 Å². The number of aromatic nitrogens is 2. The minimum atomic E-state index is 0.00461. The number of ether oxygens (including phenoxy) is 1. The largest absolute Gasteiger partial charge is 0.497 e. The predicted octanol–water partition coefficient (Wildman–Crippen LogP) is 4.82. The Morgan fingerprint density at radius 2 is 1.84 bits per heavy atom. The Balaban J connectivity index is 1.42. The number of nitrogens with one attached hydrogen (secondary N) is 1. The summed E-state index contributed by atoms with van der Waals surface area (Å²) in [5.74, 6) is 2.39. The lowest BCUT2D eigenvalue weighted by Crippen LogP contribution is -2.29. The molecule has 0 atom stereocenters. The van der Waals surface area contributed by atoms with Crippen molar-refractivity contribution in [2.45, 2.75) is 19.9 Å². The zero-order valence-electron chi connectivity index (χ0n) is 18.5. The average molecular weight is 447 g/mol. The highest BCUT2D eigenvalue weighted by Crippen LogP contribution is 2.36. The molecule has 0 bridgehead atoms. The Morgan fingerprint density at radius 1 is 1.09 bits per heavy atom. The van der Waals surface area contributed by atoms with Crippen molar-refractivity contribution in [2.75, 3.05) is 25.6 Å². The fraction of sp³-hybridized carbons (Fsp3) is 0.240. The molecule has 0 saturated carbocycles. The van der Waals surface area contributed by atoms with Gasteiger partial charge >= 0.3 is 0 Å². The van der Waals surface area contributed by atoms with Crippen LogP contribution in [-0.2, 0) is 11.3 Å². The molecule has 0 saturated heterocycles. The maximum Gasteiger partial charge on any atom is 0.222 e. The summed E-state index contributed by atoms with van der Waals surface area (Å²) in [4.78, 5) is 25.9. The van der Waals surface area contributed by atoms with Gasteiger partial charge in [-0.15, -0.1) is 11.3 Å². The summed E-state index contributed by atoms with van der Waals surface area (Å²) in [5.41, 5.74) is 2.20. The Morgan fingerprint density at radius 3 is 2.56 bits per heavy atom. The van der Waals surface area contributed by atoms with Crippen molar-refractivity contribution < 1.29 is 9.53 Å². The normalized spacial score (nSPS) is 10.8. The minimum Gasteiger partial charge on any atom is -0.497 e. The van der Waals surface area contributed by atoms with Crippen molar-refractivity contribution in [3.63, 3.8) is 0 Å². The zero-order chi connectivity index (χ0) is 22.5. The van der Waals surface area contributed by atoms with Crippen LogP contribution in [-0.4, -0.2) is 36.6 Å². The van der Waals surface area contributed by atoms with Crippen LogP contribution >= 0.6 is 11.3 Å². The lowest BCUT2D eigenvalue weighted by Gasteiger charge is -2.19. The number of hydrogen-bond donors (Lipinski definition) is 1. The van der Waals surface area contributed by atoms with E-state index in [1.54, 1.807) is 18.4 Å². The molecule has 0 aliphatic heterocycles. The molecule has 0 aliphatic rings. The molecule has 1 N–H and O–H groups in total. The molecule has 4 aromatic rings. The number of carbonyl (C=O) groups excluding carboxylic acids is 1. The molecule has 4 rings (SSSR count). The number of benzene rings is 2. The molecular formula is C25H26N4O2S. The number of carbonyl (C=O) groups is 1. The number of fused-ring (bicyclic) bond motifs is 1. The molecule has 32 heavy (non-hydrogen) atoms. The van der Waals surface area contributed by atoms with Crippen LogP contribution in [0.2, 0.25) is 0 Å². The molecule has 164 valence electrons. The summed E-state index contributed by atoms with van der Waals surface area (Å²) in [6.45, 7) is 2.96. The Labute approximate surface area is 191 Å². The van der Waals surface area contributed by atoms with Crippen molar-refractivity contribution in [1.29, 1.82) is 0 Å². The van der Waals surface area contributed by atoms with Crippen LogP contribution in [0.4, 0.5) is 5.82 Å². The van der Waals surface area contributed by atoms with Gasteiger partial charge in [0.2, 0.25) is 5.91 Å². The molecule has 6 nitrogen and oxygen atoms in total. The smallest absolute Gasteiger partial charge is 0.222 e. The molecule has 2 heterocycles. The van der Waals surface area contributed by atoms with E-state index in [1.165, 1.54) is 5.56 Å². The first kappa shape index (κ1) is 21.8. The van der Waals surface area contributed by atoms with Crippen LogP contribution in [0, 0.1) is 6.92 Å². The third-order valence-corrected chi connectivity index (χ3v) is 6.31. The van der Waals surface area contributed by atoms with Gasteiger partial charge in [0.1, 0.15) is 22.2 Å². The van der Waals surface area contributed by atoms with Crippen molar-refractivity contribution >= 4 is 33.3 Å². The number of anilines is 1. The SMILES string of the molecule is COc1ccc(CNC(=O)CCN(C)c2nc(C)nc3sc(-c4ccccc4)cc23)cc1. The molecule has 0 fully saturated rings. The second-order valence-corrected chi connectivity index (χ2v) is 8.62. The highest BCUT2D eigenvalue weighted by Gasteiger charge is 2.15. The molecule has 0 aliphatic carbocycles. The summed E-state index contributed by atoms with van der Waals surface area (Å²) in [7, 11) is 3.61. The van der Waals surface area contributed by atoms with E-state index in [0.717, 1.165) is 38.0 Å². The van der Waals surface area contributed by atoms with Crippen LogP contribution in [0.25, 0.3) is 20.7 Å². The molecule has 0 radical (unpaired) electrons. The van der Waals surface area contributed by atoms with Crippen molar-refractivity contribution in [1.82, 2.24) is 15.3 Å². The summed E-state index contributed by atoms with van der Waals surface area (Å²) >= 11 is 1.66. The fourth-order valence-corrected chi connectivity index (χ4v) is 4.53. The molecular weight excluding hydrogens is 420 g/mol. The fourth-order valence-electron chi connectivity index (χ4n) is 3.45.